The Bertz CT molecular complexity index is 584. The zero-order valence-electron chi connectivity index (χ0n) is 12.3. The average Bonchev–Trinajstić information content (AvgIpc) is 2.54. The first-order valence-corrected chi connectivity index (χ1v) is 7.22. The molecule has 0 spiro atoms. The minimum Gasteiger partial charge on any atom is -0.335 e. The molecule has 0 atom stereocenters. The standard InChI is InChI=1S/C17H21N3O/c1-2-20(13-14-8-11-19-12-9-14)17(21)16-6-4-3-5-15(16)7-10-18/h3-6,8-9,11-12H,2,7,10,13,18H2,1H3. The highest BCUT2D eigenvalue weighted by Gasteiger charge is 2.17. The van der Waals surface area contributed by atoms with Crippen LogP contribution in [0, 0.1) is 0 Å². The van der Waals surface area contributed by atoms with Crippen LogP contribution in [0.15, 0.2) is 48.8 Å². The Hall–Kier alpha value is -2.20. The van der Waals surface area contributed by atoms with Gasteiger partial charge in [-0.1, -0.05) is 18.2 Å². The van der Waals surface area contributed by atoms with Crippen molar-refractivity contribution in [1.82, 2.24) is 9.88 Å². The summed E-state index contributed by atoms with van der Waals surface area (Å²) in [6, 6.07) is 11.6. The zero-order valence-corrected chi connectivity index (χ0v) is 12.3. The fourth-order valence-electron chi connectivity index (χ4n) is 2.31. The van der Waals surface area contributed by atoms with Gasteiger partial charge < -0.3 is 10.6 Å². The minimum absolute atomic E-state index is 0.0540. The molecule has 0 aliphatic rings. The second-order valence-electron chi connectivity index (χ2n) is 4.87. The molecule has 1 amide bonds. The monoisotopic (exact) mass is 283 g/mol. The van der Waals surface area contributed by atoms with Crippen LogP contribution in [-0.4, -0.2) is 28.9 Å². The molecule has 0 radical (unpaired) electrons. The zero-order chi connectivity index (χ0) is 15.1. The normalized spacial score (nSPS) is 10.4. The third-order valence-electron chi connectivity index (χ3n) is 3.45. The molecule has 1 heterocycles. The van der Waals surface area contributed by atoms with Gasteiger partial charge in [-0.2, -0.15) is 0 Å². The molecule has 2 aromatic rings. The molecule has 1 aromatic carbocycles. The third kappa shape index (κ3) is 3.89. The summed E-state index contributed by atoms with van der Waals surface area (Å²) in [6.07, 6.45) is 4.21. The molecule has 0 aliphatic heterocycles. The van der Waals surface area contributed by atoms with Crippen molar-refractivity contribution in [2.45, 2.75) is 19.9 Å². The summed E-state index contributed by atoms with van der Waals surface area (Å²) >= 11 is 0. The Balaban J connectivity index is 2.20. The van der Waals surface area contributed by atoms with E-state index in [1.54, 1.807) is 12.4 Å². The molecular weight excluding hydrogens is 262 g/mol. The second-order valence-corrected chi connectivity index (χ2v) is 4.87. The lowest BCUT2D eigenvalue weighted by atomic mass is 10.0. The highest BCUT2D eigenvalue weighted by Crippen LogP contribution is 2.14. The topological polar surface area (TPSA) is 59.2 Å². The molecule has 2 N–H and O–H groups in total. The van der Waals surface area contributed by atoms with E-state index in [2.05, 4.69) is 4.98 Å². The van der Waals surface area contributed by atoms with E-state index in [1.807, 2.05) is 48.2 Å². The smallest absolute Gasteiger partial charge is 0.254 e. The molecule has 0 bridgehead atoms. The van der Waals surface area contributed by atoms with Crippen LogP contribution in [0.25, 0.3) is 0 Å². The van der Waals surface area contributed by atoms with E-state index in [1.165, 1.54) is 0 Å². The fraction of sp³-hybridized carbons (Fsp3) is 0.294. The average molecular weight is 283 g/mol. The SMILES string of the molecule is CCN(Cc1ccncc1)C(=O)c1ccccc1CCN. The number of rotatable bonds is 6. The summed E-state index contributed by atoms with van der Waals surface area (Å²) in [7, 11) is 0. The van der Waals surface area contributed by atoms with Crippen LogP contribution in [0.3, 0.4) is 0 Å². The van der Waals surface area contributed by atoms with Crippen molar-refractivity contribution in [3.63, 3.8) is 0 Å². The van der Waals surface area contributed by atoms with Gasteiger partial charge in [0.15, 0.2) is 0 Å². The van der Waals surface area contributed by atoms with Gasteiger partial charge >= 0.3 is 0 Å². The molecule has 4 heteroatoms. The van der Waals surface area contributed by atoms with E-state index in [9.17, 15) is 4.79 Å². The summed E-state index contributed by atoms with van der Waals surface area (Å²) in [6.45, 7) is 3.79. The summed E-state index contributed by atoms with van der Waals surface area (Å²) in [5.41, 5.74) is 8.47. The Morgan fingerprint density at radius 3 is 2.57 bits per heavy atom. The van der Waals surface area contributed by atoms with Crippen molar-refractivity contribution in [3.05, 3.63) is 65.5 Å². The summed E-state index contributed by atoms with van der Waals surface area (Å²) in [5, 5.41) is 0. The molecule has 0 saturated carbocycles. The fourth-order valence-corrected chi connectivity index (χ4v) is 2.31. The van der Waals surface area contributed by atoms with Gasteiger partial charge in [0.05, 0.1) is 0 Å². The first-order valence-electron chi connectivity index (χ1n) is 7.22. The van der Waals surface area contributed by atoms with Gasteiger partial charge in [0.2, 0.25) is 0 Å². The number of aromatic nitrogens is 1. The van der Waals surface area contributed by atoms with Gasteiger partial charge in [0.1, 0.15) is 0 Å². The number of nitrogens with two attached hydrogens (primary N) is 1. The molecule has 1 aromatic heterocycles. The number of benzene rings is 1. The van der Waals surface area contributed by atoms with E-state index in [-0.39, 0.29) is 5.91 Å². The van der Waals surface area contributed by atoms with Gasteiger partial charge in [-0.3, -0.25) is 9.78 Å². The predicted octanol–water partition coefficient (Wildman–Crippen LogP) is 2.25. The number of carbonyl (C=O) groups excluding carboxylic acids is 1. The van der Waals surface area contributed by atoms with Gasteiger partial charge in [-0.25, -0.2) is 0 Å². The van der Waals surface area contributed by atoms with E-state index >= 15 is 0 Å². The maximum Gasteiger partial charge on any atom is 0.254 e. The first-order chi connectivity index (χ1) is 10.3. The van der Waals surface area contributed by atoms with Gasteiger partial charge in [0.25, 0.3) is 5.91 Å². The lowest BCUT2D eigenvalue weighted by molar-refractivity contribution is 0.0751. The number of hydrogen-bond acceptors (Lipinski definition) is 3. The Morgan fingerprint density at radius 2 is 1.90 bits per heavy atom. The van der Waals surface area contributed by atoms with Crippen LogP contribution in [-0.2, 0) is 13.0 Å². The van der Waals surface area contributed by atoms with Crippen LogP contribution < -0.4 is 5.73 Å². The van der Waals surface area contributed by atoms with Gasteiger partial charge in [0, 0.05) is 31.0 Å². The number of hydrogen-bond donors (Lipinski definition) is 1. The van der Waals surface area contributed by atoms with Crippen molar-refractivity contribution in [2.75, 3.05) is 13.1 Å². The molecule has 0 unspecified atom stereocenters. The van der Waals surface area contributed by atoms with Crippen molar-refractivity contribution < 1.29 is 4.79 Å². The van der Waals surface area contributed by atoms with Gasteiger partial charge in [-0.15, -0.1) is 0 Å². The van der Waals surface area contributed by atoms with Crippen molar-refractivity contribution in [2.24, 2.45) is 5.73 Å². The lowest BCUT2D eigenvalue weighted by Crippen LogP contribution is -2.31. The van der Waals surface area contributed by atoms with Gasteiger partial charge in [-0.05, 0) is 49.2 Å². The molecular formula is C17H21N3O. The number of amides is 1. The number of nitrogens with zero attached hydrogens (tertiary/aromatic N) is 2. The molecule has 110 valence electrons. The highest BCUT2D eigenvalue weighted by molar-refractivity contribution is 5.95. The molecule has 0 fully saturated rings. The van der Waals surface area contributed by atoms with Crippen LogP contribution in [0.2, 0.25) is 0 Å². The molecule has 0 saturated heterocycles. The van der Waals surface area contributed by atoms with E-state index in [4.69, 9.17) is 5.73 Å². The Labute approximate surface area is 125 Å². The molecule has 0 aliphatic carbocycles. The van der Waals surface area contributed by atoms with Crippen LogP contribution in [0.1, 0.15) is 28.4 Å². The highest BCUT2D eigenvalue weighted by atomic mass is 16.2. The molecule has 4 nitrogen and oxygen atoms in total. The van der Waals surface area contributed by atoms with Crippen LogP contribution in [0.5, 0.6) is 0 Å². The van der Waals surface area contributed by atoms with E-state index in [0.717, 1.165) is 16.7 Å². The maximum absolute atomic E-state index is 12.7. The third-order valence-corrected chi connectivity index (χ3v) is 3.45. The molecule has 21 heavy (non-hydrogen) atoms. The lowest BCUT2D eigenvalue weighted by Gasteiger charge is -2.22. The number of pyridine rings is 1. The van der Waals surface area contributed by atoms with Crippen LogP contribution >= 0.6 is 0 Å². The predicted molar refractivity (Wildman–Crippen MR) is 83.9 cm³/mol. The maximum atomic E-state index is 12.7. The Morgan fingerprint density at radius 1 is 1.19 bits per heavy atom. The number of carbonyl (C=O) groups is 1. The second kappa shape index (κ2) is 7.55. The largest absolute Gasteiger partial charge is 0.335 e. The van der Waals surface area contributed by atoms with Crippen molar-refractivity contribution in [3.8, 4) is 0 Å². The minimum atomic E-state index is 0.0540. The van der Waals surface area contributed by atoms with E-state index < -0.39 is 0 Å². The van der Waals surface area contributed by atoms with Crippen molar-refractivity contribution in [1.29, 1.82) is 0 Å². The molecule has 2 rings (SSSR count). The first kappa shape index (κ1) is 15.2. The van der Waals surface area contributed by atoms with Crippen molar-refractivity contribution >= 4 is 5.91 Å². The Kier molecular flexibility index (Phi) is 5.46. The van der Waals surface area contributed by atoms with Crippen LogP contribution in [0.4, 0.5) is 0 Å². The summed E-state index contributed by atoms with van der Waals surface area (Å²) in [4.78, 5) is 18.6. The quantitative estimate of drug-likeness (QED) is 0.884. The van der Waals surface area contributed by atoms with E-state index in [0.29, 0.717) is 26.1 Å². The summed E-state index contributed by atoms with van der Waals surface area (Å²) < 4.78 is 0. The summed E-state index contributed by atoms with van der Waals surface area (Å²) in [5.74, 6) is 0.0540.